The van der Waals surface area contributed by atoms with Gasteiger partial charge in [-0.15, -0.1) is 0 Å². The highest BCUT2D eigenvalue weighted by molar-refractivity contribution is 6.25. The van der Waals surface area contributed by atoms with Crippen LogP contribution in [0.25, 0.3) is 0 Å². The minimum Gasteiger partial charge on any atom is -0.510 e. The SMILES string of the molecule is CC(=O)C1=C(O)[C@@H](N)[C@@H]2C[C@@H]3Cc4ccccc4C(=O)C3=C(O)[C@]2(O)C1=O. The maximum absolute atomic E-state index is 12.9. The molecule has 3 aliphatic rings. The summed E-state index contributed by atoms with van der Waals surface area (Å²) in [6.07, 6.45) is 0.566. The molecule has 0 radical (unpaired) electrons. The lowest BCUT2D eigenvalue weighted by atomic mass is 9.59. The van der Waals surface area contributed by atoms with Crippen LogP contribution in [0.15, 0.2) is 46.9 Å². The van der Waals surface area contributed by atoms with E-state index in [-0.39, 0.29) is 12.0 Å². The Labute approximate surface area is 154 Å². The fourth-order valence-corrected chi connectivity index (χ4v) is 4.66. The molecular weight excluding hydrogens is 350 g/mol. The first-order valence-corrected chi connectivity index (χ1v) is 8.72. The van der Waals surface area contributed by atoms with Gasteiger partial charge in [-0.05, 0) is 31.2 Å². The van der Waals surface area contributed by atoms with Gasteiger partial charge < -0.3 is 21.1 Å². The second-order valence-electron chi connectivity index (χ2n) is 7.43. The van der Waals surface area contributed by atoms with Gasteiger partial charge in [-0.25, -0.2) is 0 Å². The second-order valence-corrected chi connectivity index (χ2v) is 7.43. The molecule has 1 aromatic rings. The average molecular weight is 369 g/mol. The zero-order valence-corrected chi connectivity index (χ0v) is 14.6. The second kappa shape index (κ2) is 5.61. The molecule has 3 aliphatic carbocycles. The van der Waals surface area contributed by atoms with Crippen LogP contribution in [0.2, 0.25) is 0 Å². The molecule has 4 atom stereocenters. The fraction of sp³-hybridized carbons (Fsp3) is 0.350. The summed E-state index contributed by atoms with van der Waals surface area (Å²) < 4.78 is 0. The zero-order chi connectivity index (χ0) is 19.7. The first-order valence-electron chi connectivity index (χ1n) is 8.72. The Kier molecular flexibility index (Phi) is 3.66. The van der Waals surface area contributed by atoms with Crippen LogP contribution in [0.1, 0.15) is 29.3 Å². The Morgan fingerprint density at radius 3 is 2.56 bits per heavy atom. The predicted molar refractivity (Wildman–Crippen MR) is 94.0 cm³/mol. The summed E-state index contributed by atoms with van der Waals surface area (Å²) in [6, 6.07) is 5.75. The van der Waals surface area contributed by atoms with Crippen LogP contribution in [0.5, 0.6) is 0 Å². The summed E-state index contributed by atoms with van der Waals surface area (Å²) in [5.41, 5.74) is 4.11. The minimum atomic E-state index is -2.50. The normalized spacial score (nSPS) is 32.8. The van der Waals surface area contributed by atoms with E-state index in [1.54, 1.807) is 12.1 Å². The van der Waals surface area contributed by atoms with E-state index in [1.807, 2.05) is 12.1 Å². The molecule has 27 heavy (non-hydrogen) atoms. The first-order chi connectivity index (χ1) is 12.7. The largest absolute Gasteiger partial charge is 0.510 e. The maximum Gasteiger partial charge on any atom is 0.209 e. The van der Waals surface area contributed by atoms with E-state index in [4.69, 9.17) is 5.73 Å². The molecule has 5 N–H and O–H groups in total. The minimum absolute atomic E-state index is 0.0164. The molecule has 0 aromatic heterocycles. The molecule has 0 heterocycles. The number of allylic oxidation sites excluding steroid dienone is 1. The van der Waals surface area contributed by atoms with Gasteiger partial charge in [-0.2, -0.15) is 0 Å². The lowest BCUT2D eigenvalue weighted by Gasteiger charge is -2.47. The van der Waals surface area contributed by atoms with Gasteiger partial charge in [0.1, 0.15) is 17.1 Å². The monoisotopic (exact) mass is 369 g/mol. The first kappa shape index (κ1) is 17.6. The maximum atomic E-state index is 12.9. The summed E-state index contributed by atoms with van der Waals surface area (Å²) in [5, 5.41) is 32.3. The lowest BCUT2D eigenvalue weighted by Crippen LogP contribution is -2.62. The topological polar surface area (TPSA) is 138 Å². The van der Waals surface area contributed by atoms with Crippen LogP contribution in [0, 0.1) is 11.8 Å². The Balaban J connectivity index is 1.93. The van der Waals surface area contributed by atoms with Crippen molar-refractivity contribution in [3.8, 4) is 0 Å². The Morgan fingerprint density at radius 1 is 1.22 bits per heavy atom. The Hall–Kier alpha value is -2.77. The van der Waals surface area contributed by atoms with Gasteiger partial charge in [-0.3, -0.25) is 14.4 Å². The quantitative estimate of drug-likeness (QED) is 0.540. The molecule has 140 valence electrons. The molecule has 0 amide bonds. The van der Waals surface area contributed by atoms with Gasteiger partial charge >= 0.3 is 0 Å². The van der Waals surface area contributed by atoms with Crippen molar-refractivity contribution in [2.45, 2.75) is 31.4 Å². The van der Waals surface area contributed by atoms with Crippen molar-refractivity contribution >= 4 is 17.3 Å². The van der Waals surface area contributed by atoms with E-state index < -0.39 is 57.9 Å². The van der Waals surface area contributed by atoms with E-state index in [2.05, 4.69) is 0 Å². The molecule has 0 bridgehead atoms. The van der Waals surface area contributed by atoms with Crippen LogP contribution in [0.4, 0.5) is 0 Å². The van der Waals surface area contributed by atoms with Crippen LogP contribution in [-0.4, -0.2) is 44.3 Å². The van der Waals surface area contributed by atoms with Gasteiger partial charge in [0.2, 0.25) is 5.78 Å². The third kappa shape index (κ3) is 2.12. The number of aliphatic hydroxyl groups excluding tert-OH is 2. The van der Waals surface area contributed by atoms with Crippen molar-refractivity contribution in [3.05, 3.63) is 58.1 Å². The molecule has 0 unspecified atom stereocenters. The highest BCUT2D eigenvalue weighted by Crippen LogP contribution is 2.50. The lowest BCUT2D eigenvalue weighted by molar-refractivity contribution is -0.145. The van der Waals surface area contributed by atoms with Gasteiger partial charge in [0.25, 0.3) is 0 Å². The van der Waals surface area contributed by atoms with Crippen molar-refractivity contribution in [1.29, 1.82) is 0 Å². The molecule has 1 aromatic carbocycles. The molecule has 0 aliphatic heterocycles. The summed E-state index contributed by atoms with van der Waals surface area (Å²) in [4.78, 5) is 37.6. The van der Waals surface area contributed by atoms with Gasteiger partial charge in [0, 0.05) is 17.1 Å². The molecule has 7 nitrogen and oxygen atoms in total. The van der Waals surface area contributed by atoms with Crippen molar-refractivity contribution in [3.63, 3.8) is 0 Å². The van der Waals surface area contributed by atoms with E-state index in [1.165, 1.54) is 0 Å². The summed E-state index contributed by atoms with van der Waals surface area (Å²) in [7, 11) is 0. The number of fused-ring (bicyclic) bond motifs is 3. The van der Waals surface area contributed by atoms with Crippen LogP contribution >= 0.6 is 0 Å². The molecule has 0 saturated carbocycles. The van der Waals surface area contributed by atoms with Crippen LogP contribution in [0.3, 0.4) is 0 Å². The number of rotatable bonds is 1. The van der Waals surface area contributed by atoms with Crippen molar-refractivity contribution in [2.75, 3.05) is 0 Å². The molecule has 0 fully saturated rings. The van der Waals surface area contributed by atoms with E-state index in [9.17, 15) is 29.7 Å². The fourth-order valence-electron chi connectivity index (χ4n) is 4.66. The highest BCUT2D eigenvalue weighted by atomic mass is 16.3. The number of hydrogen-bond donors (Lipinski definition) is 4. The Bertz CT molecular complexity index is 974. The van der Waals surface area contributed by atoms with E-state index in [0.717, 1.165) is 12.5 Å². The van der Waals surface area contributed by atoms with Crippen molar-refractivity contribution < 1.29 is 29.7 Å². The van der Waals surface area contributed by atoms with E-state index in [0.29, 0.717) is 12.0 Å². The molecule has 4 rings (SSSR count). The standard InChI is InChI=1S/C20H19NO6/c1-8(22)13-17(24)15(21)12-7-10-6-9-4-2-3-5-11(9)16(23)14(10)19(26)20(12,27)18(13)25/h2-5,10,12,15,24,26-27H,6-7,21H2,1H3/t10-,12-,15-,20+/m0/s1. The number of hydrogen-bond acceptors (Lipinski definition) is 7. The van der Waals surface area contributed by atoms with Crippen molar-refractivity contribution in [1.82, 2.24) is 0 Å². The zero-order valence-electron chi connectivity index (χ0n) is 14.6. The third-order valence-electron chi connectivity index (χ3n) is 6.00. The number of carbonyl (C=O) groups is 3. The summed E-state index contributed by atoms with van der Waals surface area (Å²) in [5.74, 6) is -5.15. The molecule has 0 saturated heterocycles. The number of carbonyl (C=O) groups excluding carboxylic acids is 3. The summed E-state index contributed by atoms with van der Waals surface area (Å²) in [6.45, 7) is 1.07. The Morgan fingerprint density at radius 2 is 1.89 bits per heavy atom. The summed E-state index contributed by atoms with van der Waals surface area (Å²) >= 11 is 0. The van der Waals surface area contributed by atoms with E-state index >= 15 is 0 Å². The number of ketones is 3. The van der Waals surface area contributed by atoms with Crippen LogP contribution < -0.4 is 5.73 Å². The highest BCUT2D eigenvalue weighted by Gasteiger charge is 2.61. The van der Waals surface area contributed by atoms with Gasteiger partial charge in [-0.1, -0.05) is 24.3 Å². The number of benzene rings is 1. The molecular formula is C20H19NO6. The molecule has 0 spiro atoms. The predicted octanol–water partition coefficient (Wildman–Crippen LogP) is 0.916. The van der Waals surface area contributed by atoms with Crippen LogP contribution in [-0.2, 0) is 16.0 Å². The van der Waals surface area contributed by atoms with Crippen molar-refractivity contribution in [2.24, 2.45) is 17.6 Å². The van der Waals surface area contributed by atoms with Gasteiger partial charge in [0.15, 0.2) is 17.2 Å². The number of Topliss-reactive ketones (excluding diaryl/α,β-unsaturated/α-hetero) is 3. The number of nitrogens with two attached hydrogens (primary N) is 1. The number of aliphatic hydroxyl groups is 3. The van der Waals surface area contributed by atoms with Gasteiger partial charge in [0.05, 0.1) is 6.04 Å². The third-order valence-corrected chi connectivity index (χ3v) is 6.00. The average Bonchev–Trinajstić information content (AvgIpc) is 2.62. The smallest absolute Gasteiger partial charge is 0.209 e. The molecule has 7 heteroatoms.